The van der Waals surface area contributed by atoms with Crippen molar-refractivity contribution in [1.29, 1.82) is 5.26 Å². The molecule has 1 aromatic heterocycles. The molecule has 0 saturated carbocycles. The summed E-state index contributed by atoms with van der Waals surface area (Å²) in [5.74, 6) is 1.02. The van der Waals surface area contributed by atoms with Crippen molar-refractivity contribution in [3.8, 4) is 17.6 Å². The number of pyridine rings is 1. The number of aromatic nitrogens is 1. The summed E-state index contributed by atoms with van der Waals surface area (Å²) in [6, 6.07) is 18.9. The number of fused-ring (bicyclic) bond motifs is 6. The van der Waals surface area contributed by atoms with Crippen LogP contribution < -0.4 is 10.3 Å². The average molecular weight is 409 g/mol. The van der Waals surface area contributed by atoms with Gasteiger partial charge >= 0.3 is 0 Å². The monoisotopic (exact) mass is 409 g/mol. The smallest absolute Gasteiger partial charge is 0.266 e. The molecule has 2 atom stereocenters. The lowest BCUT2D eigenvalue weighted by atomic mass is 9.85. The summed E-state index contributed by atoms with van der Waals surface area (Å²) >= 11 is 0. The molecule has 2 unspecified atom stereocenters. The highest BCUT2D eigenvalue weighted by molar-refractivity contribution is 5.90. The molecule has 3 aromatic rings. The van der Waals surface area contributed by atoms with E-state index < -0.39 is 5.92 Å². The Bertz CT molecular complexity index is 1290. The molecule has 3 aliphatic heterocycles. The predicted molar refractivity (Wildman–Crippen MR) is 113 cm³/mol. The fourth-order valence-electron chi connectivity index (χ4n) is 5.42. The number of hydrogen-bond acceptors (Lipinski definition) is 4. The normalized spacial score (nSPS) is 20.8. The molecule has 31 heavy (non-hydrogen) atoms. The quantitative estimate of drug-likeness (QED) is 0.663. The van der Waals surface area contributed by atoms with Crippen LogP contribution in [0.25, 0.3) is 0 Å². The highest BCUT2D eigenvalue weighted by atomic mass is 16.5. The molecule has 152 valence electrons. The Labute approximate surface area is 178 Å². The van der Waals surface area contributed by atoms with E-state index in [4.69, 9.17) is 4.74 Å². The molecule has 0 radical (unpaired) electrons. The first-order valence-electron chi connectivity index (χ1n) is 10.5. The van der Waals surface area contributed by atoms with Crippen molar-refractivity contribution in [3.63, 3.8) is 0 Å². The number of nitrogens with zero attached hydrogens (tertiary/aromatic N) is 2. The Balaban J connectivity index is 1.47. The third-order valence-corrected chi connectivity index (χ3v) is 6.76. The lowest BCUT2D eigenvalue weighted by Crippen LogP contribution is -2.45. The van der Waals surface area contributed by atoms with Crippen molar-refractivity contribution >= 4 is 5.91 Å². The van der Waals surface area contributed by atoms with Crippen LogP contribution in [0.1, 0.15) is 52.7 Å². The predicted octanol–water partition coefficient (Wildman–Crippen LogP) is 3.77. The minimum absolute atomic E-state index is 0.0377. The number of carbonyl (C=O) groups is 1. The Morgan fingerprint density at radius 3 is 2.39 bits per heavy atom. The second-order valence-electron chi connectivity index (χ2n) is 8.37. The van der Waals surface area contributed by atoms with Crippen LogP contribution >= 0.6 is 0 Å². The number of carbonyl (C=O) groups excluding carboxylic acids is 1. The third kappa shape index (κ3) is 2.56. The first-order chi connectivity index (χ1) is 15.2. The number of amides is 1. The first-order valence-corrected chi connectivity index (χ1v) is 10.5. The highest BCUT2D eigenvalue weighted by Crippen LogP contribution is 2.49. The molecule has 6 nitrogen and oxygen atoms in total. The zero-order valence-corrected chi connectivity index (χ0v) is 16.7. The molecule has 6 heteroatoms. The Morgan fingerprint density at radius 1 is 1.03 bits per heavy atom. The van der Waals surface area contributed by atoms with Gasteiger partial charge in [0.05, 0.1) is 12.0 Å². The standard InChI is InChI=1S/C25H19N3O3/c26-13-14-11-18-19(27-24(14)29)12-15-9-10-20(18)28(15)25(30)23-16-5-1-3-7-21(16)31-22-8-4-2-6-17(22)23/h1-8,11,15,20,23H,9-10,12H2,(H,27,29). The van der Waals surface area contributed by atoms with Gasteiger partial charge in [0, 0.05) is 29.3 Å². The number of para-hydroxylation sites is 2. The number of ether oxygens (including phenoxy) is 1. The van der Waals surface area contributed by atoms with Crippen LogP contribution in [0, 0.1) is 11.3 Å². The zero-order valence-electron chi connectivity index (χ0n) is 16.7. The van der Waals surface area contributed by atoms with E-state index in [1.54, 1.807) is 6.07 Å². The number of rotatable bonds is 1. The summed E-state index contributed by atoms with van der Waals surface area (Å²) in [5.41, 5.74) is 3.23. The Kier molecular flexibility index (Phi) is 3.81. The summed E-state index contributed by atoms with van der Waals surface area (Å²) < 4.78 is 6.07. The first kappa shape index (κ1) is 18.0. The second kappa shape index (κ2) is 6.58. The van der Waals surface area contributed by atoms with Gasteiger partial charge in [-0.3, -0.25) is 9.59 Å². The van der Waals surface area contributed by atoms with Crippen LogP contribution in [0.3, 0.4) is 0 Å². The highest BCUT2D eigenvalue weighted by Gasteiger charge is 2.47. The van der Waals surface area contributed by atoms with Gasteiger partial charge in [-0.15, -0.1) is 0 Å². The van der Waals surface area contributed by atoms with E-state index in [0.29, 0.717) is 17.9 Å². The molecule has 2 bridgehead atoms. The van der Waals surface area contributed by atoms with E-state index in [9.17, 15) is 14.9 Å². The van der Waals surface area contributed by atoms with Crippen molar-refractivity contribution < 1.29 is 9.53 Å². The van der Waals surface area contributed by atoms with Gasteiger partial charge in [0.15, 0.2) is 0 Å². The van der Waals surface area contributed by atoms with Crippen molar-refractivity contribution in [2.45, 2.75) is 37.3 Å². The van der Waals surface area contributed by atoms with Gasteiger partial charge in [0.1, 0.15) is 23.1 Å². The summed E-state index contributed by atoms with van der Waals surface area (Å²) in [6.07, 6.45) is 2.30. The van der Waals surface area contributed by atoms with Gasteiger partial charge < -0.3 is 14.6 Å². The van der Waals surface area contributed by atoms with Crippen molar-refractivity contribution in [3.05, 3.63) is 92.9 Å². The van der Waals surface area contributed by atoms with Gasteiger partial charge in [-0.2, -0.15) is 5.26 Å². The number of nitrogens with one attached hydrogen (secondary N) is 1. The van der Waals surface area contributed by atoms with E-state index >= 15 is 0 Å². The minimum Gasteiger partial charge on any atom is -0.457 e. The Morgan fingerprint density at radius 2 is 1.71 bits per heavy atom. The summed E-state index contributed by atoms with van der Waals surface area (Å²) in [5, 5.41) is 9.32. The maximum atomic E-state index is 14.1. The Hall–Kier alpha value is -3.85. The number of aromatic amines is 1. The molecule has 1 N–H and O–H groups in total. The van der Waals surface area contributed by atoms with Gasteiger partial charge in [0.2, 0.25) is 5.91 Å². The van der Waals surface area contributed by atoms with Crippen LogP contribution in [0.5, 0.6) is 11.5 Å². The summed E-state index contributed by atoms with van der Waals surface area (Å²) in [7, 11) is 0. The molecule has 1 saturated heterocycles. The van der Waals surface area contributed by atoms with Crippen molar-refractivity contribution in [2.75, 3.05) is 0 Å². The SMILES string of the molecule is N#Cc1cc2c([nH]c1=O)CC1CCC2N1C(=O)C1c2ccccc2Oc2ccccc21. The minimum atomic E-state index is -0.441. The number of nitriles is 1. The molecule has 2 aromatic carbocycles. The lowest BCUT2D eigenvalue weighted by molar-refractivity contribution is -0.135. The van der Waals surface area contributed by atoms with Gasteiger partial charge in [-0.05, 0) is 36.6 Å². The number of H-pyrrole nitrogens is 1. The molecular weight excluding hydrogens is 390 g/mol. The lowest BCUT2D eigenvalue weighted by Gasteiger charge is -2.39. The largest absolute Gasteiger partial charge is 0.457 e. The fraction of sp³-hybridized carbons (Fsp3) is 0.240. The van der Waals surface area contributed by atoms with E-state index in [0.717, 1.165) is 35.2 Å². The molecule has 0 aliphatic carbocycles. The van der Waals surface area contributed by atoms with E-state index in [1.807, 2.05) is 59.5 Å². The summed E-state index contributed by atoms with van der Waals surface area (Å²) in [4.78, 5) is 31.1. The van der Waals surface area contributed by atoms with E-state index in [1.165, 1.54) is 0 Å². The fourth-order valence-corrected chi connectivity index (χ4v) is 5.42. The van der Waals surface area contributed by atoms with Crippen LogP contribution in [-0.2, 0) is 11.2 Å². The molecule has 0 spiro atoms. The molecular formula is C25H19N3O3. The number of hydrogen-bond donors (Lipinski definition) is 1. The number of benzene rings is 2. The van der Waals surface area contributed by atoms with Crippen LogP contribution in [0.2, 0.25) is 0 Å². The molecule has 1 fully saturated rings. The third-order valence-electron chi connectivity index (χ3n) is 6.76. The zero-order chi connectivity index (χ0) is 21.1. The maximum Gasteiger partial charge on any atom is 0.266 e. The average Bonchev–Trinajstić information content (AvgIpc) is 3.12. The topological polar surface area (TPSA) is 86.2 Å². The second-order valence-corrected chi connectivity index (χ2v) is 8.37. The molecule has 4 heterocycles. The van der Waals surface area contributed by atoms with Gasteiger partial charge in [0.25, 0.3) is 5.56 Å². The van der Waals surface area contributed by atoms with Crippen LogP contribution in [0.4, 0.5) is 0 Å². The van der Waals surface area contributed by atoms with Gasteiger partial charge in [-0.1, -0.05) is 36.4 Å². The van der Waals surface area contributed by atoms with Crippen LogP contribution in [0.15, 0.2) is 59.4 Å². The van der Waals surface area contributed by atoms with Crippen molar-refractivity contribution in [2.24, 2.45) is 0 Å². The van der Waals surface area contributed by atoms with Crippen LogP contribution in [-0.4, -0.2) is 21.8 Å². The van der Waals surface area contributed by atoms with Gasteiger partial charge in [-0.25, -0.2) is 0 Å². The maximum absolute atomic E-state index is 14.1. The van der Waals surface area contributed by atoms with Crippen molar-refractivity contribution in [1.82, 2.24) is 9.88 Å². The molecule has 3 aliphatic rings. The molecule has 6 rings (SSSR count). The van der Waals surface area contributed by atoms with E-state index in [2.05, 4.69) is 4.98 Å². The van der Waals surface area contributed by atoms with E-state index in [-0.39, 0.29) is 29.1 Å². The molecule has 1 amide bonds. The summed E-state index contributed by atoms with van der Waals surface area (Å²) in [6.45, 7) is 0.